The molecule has 0 bridgehead atoms. The summed E-state index contributed by atoms with van der Waals surface area (Å²) in [7, 11) is 0. The number of ether oxygens (including phenoxy) is 1. The minimum Gasteiger partial charge on any atom is -0.449 e. The first kappa shape index (κ1) is 15.6. The third-order valence-electron chi connectivity index (χ3n) is 3.53. The van der Waals surface area contributed by atoms with Crippen molar-refractivity contribution in [2.45, 2.75) is 32.3 Å². The first-order valence-corrected chi connectivity index (χ1v) is 7.41. The predicted octanol–water partition coefficient (Wildman–Crippen LogP) is 2.48. The van der Waals surface area contributed by atoms with Gasteiger partial charge in [0.15, 0.2) is 6.10 Å². The minimum atomic E-state index is -0.799. The molecule has 6 heteroatoms. The molecular formula is C15H19ClN2O3. The largest absolute Gasteiger partial charge is 0.449 e. The van der Waals surface area contributed by atoms with E-state index < -0.39 is 12.1 Å². The van der Waals surface area contributed by atoms with Gasteiger partial charge in [-0.1, -0.05) is 11.6 Å². The number of benzene rings is 1. The van der Waals surface area contributed by atoms with E-state index in [2.05, 4.69) is 0 Å². The summed E-state index contributed by atoms with van der Waals surface area (Å²) in [6.07, 6.45) is 2.34. The Balaban J connectivity index is 1.97. The number of carbonyl (C=O) groups excluding carboxylic acids is 2. The quantitative estimate of drug-likeness (QED) is 0.687. The highest BCUT2D eigenvalue weighted by Crippen LogP contribution is 2.20. The second-order valence-electron chi connectivity index (χ2n) is 5.17. The van der Waals surface area contributed by atoms with E-state index in [1.54, 1.807) is 11.8 Å². The molecule has 1 fully saturated rings. The maximum atomic E-state index is 12.2. The zero-order chi connectivity index (χ0) is 15.4. The number of hydrogen-bond acceptors (Lipinski definition) is 4. The highest BCUT2D eigenvalue weighted by molar-refractivity contribution is 6.33. The molecule has 2 rings (SSSR count). The van der Waals surface area contributed by atoms with E-state index >= 15 is 0 Å². The van der Waals surface area contributed by atoms with Crippen LogP contribution in [0.1, 0.15) is 36.5 Å². The lowest BCUT2D eigenvalue weighted by molar-refractivity contribution is -0.140. The maximum absolute atomic E-state index is 12.2. The van der Waals surface area contributed by atoms with Gasteiger partial charge < -0.3 is 15.4 Å². The van der Waals surface area contributed by atoms with E-state index in [0.29, 0.717) is 10.7 Å². The van der Waals surface area contributed by atoms with Gasteiger partial charge in [-0.25, -0.2) is 4.79 Å². The molecule has 1 heterocycles. The minimum absolute atomic E-state index is 0.148. The Morgan fingerprint density at radius 3 is 2.57 bits per heavy atom. The van der Waals surface area contributed by atoms with E-state index in [1.165, 1.54) is 18.2 Å². The van der Waals surface area contributed by atoms with Crippen LogP contribution in [0.25, 0.3) is 0 Å². The van der Waals surface area contributed by atoms with E-state index in [0.717, 1.165) is 32.4 Å². The summed E-state index contributed by atoms with van der Waals surface area (Å²) in [6.45, 7) is 3.05. The summed E-state index contributed by atoms with van der Waals surface area (Å²) in [5.74, 6) is -0.721. The lowest BCUT2D eigenvalue weighted by atomic mass is 10.1. The molecule has 0 spiro atoms. The fraction of sp³-hybridized carbons (Fsp3) is 0.467. The normalized spacial score (nSPS) is 16.4. The number of piperidine rings is 1. The van der Waals surface area contributed by atoms with Gasteiger partial charge in [0, 0.05) is 13.1 Å². The number of nitrogen functional groups attached to an aromatic ring is 1. The SMILES string of the molecule is CC(OC(=O)c1ccc(Cl)c(N)c1)C(=O)N1CCCCC1. The van der Waals surface area contributed by atoms with Crippen molar-refractivity contribution in [2.24, 2.45) is 0 Å². The molecule has 1 atom stereocenters. The molecule has 0 aromatic heterocycles. The fourth-order valence-corrected chi connectivity index (χ4v) is 2.44. The summed E-state index contributed by atoms with van der Waals surface area (Å²) < 4.78 is 5.22. The number of esters is 1. The maximum Gasteiger partial charge on any atom is 0.338 e. The van der Waals surface area contributed by atoms with Crippen LogP contribution in [0.5, 0.6) is 0 Å². The highest BCUT2D eigenvalue weighted by atomic mass is 35.5. The third-order valence-corrected chi connectivity index (χ3v) is 3.88. The Bertz CT molecular complexity index is 542. The highest BCUT2D eigenvalue weighted by Gasteiger charge is 2.25. The lowest BCUT2D eigenvalue weighted by Gasteiger charge is -2.28. The summed E-state index contributed by atoms with van der Waals surface area (Å²) in [5, 5.41) is 0.379. The van der Waals surface area contributed by atoms with Crippen molar-refractivity contribution in [3.8, 4) is 0 Å². The van der Waals surface area contributed by atoms with Gasteiger partial charge in [0.25, 0.3) is 5.91 Å². The molecular weight excluding hydrogens is 292 g/mol. The lowest BCUT2D eigenvalue weighted by Crippen LogP contribution is -2.42. The van der Waals surface area contributed by atoms with E-state index in [-0.39, 0.29) is 11.5 Å². The molecule has 1 saturated heterocycles. The van der Waals surface area contributed by atoms with Crippen LogP contribution < -0.4 is 5.73 Å². The monoisotopic (exact) mass is 310 g/mol. The molecule has 1 aromatic carbocycles. The number of likely N-dealkylation sites (tertiary alicyclic amines) is 1. The molecule has 1 unspecified atom stereocenters. The van der Waals surface area contributed by atoms with Crippen molar-refractivity contribution in [1.29, 1.82) is 0 Å². The smallest absolute Gasteiger partial charge is 0.338 e. The van der Waals surface area contributed by atoms with Crippen LogP contribution in [-0.2, 0) is 9.53 Å². The van der Waals surface area contributed by atoms with Crippen LogP contribution in [0.4, 0.5) is 5.69 Å². The van der Waals surface area contributed by atoms with Crippen LogP contribution in [0.3, 0.4) is 0 Å². The Morgan fingerprint density at radius 1 is 1.29 bits per heavy atom. The van der Waals surface area contributed by atoms with Gasteiger partial charge in [0.05, 0.1) is 16.3 Å². The van der Waals surface area contributed by atoms with Crippen LogP contribution in [0.2, 0.25) is 5.02 Å². The molecule has 114 valence electrons. The number of carbonyl (C=O) groups is 2. The van der Waals surface area contributed by atoms with E-state index in [9.17, 15) is 9.59 Å². The summed E-state index contributed by atoms with van der Waals surface area (Å²) in [5.41, 5.74) is 6.24. The average molecular weight is 311 g/mol. The average Bonchev–Trinajstić information content (AvgIpc) is 2.50. The van der Waals surface area contributed by atoms with Crippen molar-refractivity contribution >= 4 is 29.2 Å². The number of rotatable bonds is 3. The Labute approximate surface area is 129 Å². The van der Waals surface area contributed by atoms with Crippen molar-refractivity contribution in [3.63, 3.8) is 0 Å². The van der Waals surface area contributed by atoms with Crippen LogP contribution in [0, 0.1) is 0 Å². The Kier molecular flexibility index (Phi) is 5.07. The Hall–Kier alpha value is -1.75. The molecule has 1 aromatic rings. The Morgan fingerprint density at radius 2 is 1.95 bits per heavy atom. The number of nitrogens with two attached hydrogens (primary N) is 1. The standard InChI is InChI=1S/C15H19ClN2O3/c1-10(14(19)18-7-3-2-4-8-18)21-15(20)11-5-6-12(16)13(17)9-11/h5-6,9-10H,2-4,7-8,17H2,1H3. The van der Waals surface area contributed by atoms with Crippen LogP contribution in [0.15, 0.2) is 18.2 Å². The number of halogens is 1. The van der Waals surface area contributed by atoms with E-state index in [1.807, 2.05) is 0 Å². The fourth-order valence-electron chi connectivity index (χ4n) is 2.32. The van der Waals surface area contributed by atoms with Gasteiger partial charge in [-0.05, 0) is 44.4 Å². The zero-order valence-electron chi connectivity index (χ0n) is 12.0. The summed E-state index contributed by atoms with van der Waals surface area (Å²) >= 11 is 5.81. The van der Waals surface area contributed by atoms with Crippen molar-refractivity contribution in [1.82, 2.24) is 4.90 Å². The zero-order valence-corrected chi connectivity index (χ0v) is 12.7. The summed E-state index contributed by atoms with van der Waals surface area (Å²) in [6, 6.07) is 4.51. The number of anilines is 1. The number of nitrogens with zero attached hydrogens (tertiary/aromatic N) is 1. The third kappa shape index (κ3) is 3.88. The first-order valence-electron chi connectivity index (χ1n) is 7.04. The second-order valence-corrected chi connectivity index (χ2v) is 5.58. The van der Waals surface area contributed by atoms with Crippen LogP contribution in [-0.4, -0.2) is 36.0 Å². The molecule has 2 N–H and O–H groups in total. The van der Waals surface area contributed by atoms with Gasteiger partial charge in [0.2, 0.25) is 0 Å². The predicted molar refractivity (Wildman–Crippen MR) is 81.2 cm³/mol. The molecule has 1 aliphatic heterocycles. The molecule has 0 aliphatic carbocycles. The molecule has 1 aliphatic rings. The van der Waals surface area contributed by atoms with Gasteiger partial charge in [-0.15, -0.1) is 0 Å². The van der Waals surface area contributed by atoms with Crippen molar-refractivity contribution < 1.29 is 14.3 Å². The van der Waals surface area contributed by atoms with E-state index in [4.69, 9.17) is 22.1 Å². The first-order chi connectivity index (χ1) is 9.99. The van der Waals surface area contributed by atoms with Gasteiger partial charge in [0.1, 0.15) is 0 Å². The number of hydrogen-bond donors (Lipinski definition) is 1. The molecule has 0 radical (unpaired) electrons. The molecule has 1 amide bonds. The molecule has 0 saturated carbocycles. The second kappa shape index (κ2) is 6.80. The molecule has 21 heavy (non-hydrogen) atoms. The summed E-state index contributed by atoms with van der Waals surface area (Å²) in [4.78, 5) is 26.0. The van der Waals surface area contributed by atoms with Gasteiger partial charge in [-0.3, -0.25) is 4.79 Å². The van der Waals surface area contributed by atoms with Gasteiger partial charge in [-0.2, -0.15) is 0 Å². The topological polar surface area (TPSA) is 72.6 Å². The number of amides is 1. The van der Waals surface area contributed by atoms with Crippen molar-refractivity contribution in [2.75, 3.05) is 18.8 Å². The van der Waals surface area contributed by atoms with Crippen LogP contribution >= 0.6 is 11.6 Å². The van der Waals surface area contributed by atoms with Gasteiger partial charge >= 0.3 is 5.97 Å². The molecule has 5 nitrogen and oxygen atoms in total. The van der Waals surface area contributed by atoms with Crippen molar-refractivity contribution in [3.05, 3.63) is 28.8 Å².